The monoisotopic (exact) mass is 253 g/mol. The fraction of sp³-hybridized carbons (Fsp3) is 0.846. The first kappa shape index (κ1) is 12.1. The molecule has 0 aromatic rings. The van der Waals surface area contributed by atoms with Gasteiger partial charge < -0.3 is 9.64 Å². The second kappa shape index (κ2) is 4.97. The molecule has 0 unspecified atom stereocenters. The molecule has 5 nitrogen and oxygen atoms in total. The van der Waals surface area contributed by atoms with E-state index >= 15 is 0 Å². The lowest BCUT2D eigenvalue weighted by Gasteiger charge is -2.27. The first-order chi connectivity index (χ1) is 8.77. The highest BCUT2D eigenvalue weighted by Gasteiger charge is 2.49. The summed E-state index contributed by atoms with van der Waals surface area (Å²) in [7, 11) is 0. The van der Waals surface area contributed by atoms with Crippen LogP contribution < -0.4 is 4.90 Å². The van der Waals surface area contributed by atoms with Gasteiger partial charge in [-0.2, -0.15) is 0 Å². The van der Waals surface area contributed by atoms with Crippen LogP contribution in [-0.4, -0.2) is 49.7 Å². The van der Waals surface area contributed by atoms with Gasteiger partial charge in [0, 0.05) is 0 Å². The number of quaternary nitrogens is 1. The molecule has 0 bridgehead atoms. The number of nitrogens with one attached hydrogen (secondary N) is 1. The summed E-state index contributed by atoms with van der Waals surface area (Å²) in [5.41, 5.74) is 0. The van der Waals surface area contributed by atoms with Gasteiger partial charge in [-0.3, -0.25) is 9.59 Å². The molecule has 18 heavy (non-hydrogen) atoms. The van der Waals surface area contributed by atoms with Crippen molar-refractivity contribution in [1.82, 2.24) is 4.90 Å². The summed E-state index contributed by atoms with van der Waals surface area (Å²) in [5.74, 6) is 0.158. The lowest BCUT2D eigenvalue weighted by Crippen LogP contribution is -3.15. The number of nitrogens with zero attached hydrogens (tertiary/aromatic N) is 1. The van der Waals surface area contributed by atoms with Crippen LogP contribution in [-0.2, 0) is 14.3 Å². The Morgan fingerprint density at radius 3 is 2.17 bits per heavy atom. The number of hydrogen-bond acceptors (Lipinski definition) is 3. The Morgan fingerprint density at radius 2 is 1.61 bits per heavy atom. The molecule has 5 heteroatoms. The van der Waals surface area contributed by atoms with Gasteiger partial charge in [-0.25, -0.2) is 4.90 Å². The topological polar surface area (TPSA) is 51.0 Å². The number of imide groups is 1. The van der Waals surface area contributed by atoms with Crippen LogP contribution in [0.25, 0.3) is 0 Å². The summed E-state index contributed by atoms with van der Waals surface area (Å²) < 4.78 is 5.30. The molecule has 0 spiro atoms. The van der Waals surface area contributed by atoms with Crippen LogP contribution in [0.2, 0.25) is 0 Å². The number of morpholine rings is 1. The molecule has 1 saturated carbocycles. The van der Waals surface area contributed by atoms with E-state index in [1.807, 2.05) is 0 Å². The Balaban J connectivity index is 1.68. The number of fused-ring (bicyclic) bond motifs is 1. The Morgan fingerprint density at radius 1 is 1.06 bits per heavy atom. The van der Waals surface area contributed by atoms with Gasteiger partial charge in [0.05, 0.1) is 25.0 Å². The van der Waals surface area contributed by atoms with E-state index in [-0.39, 0.29) is 23.7 Å². The molecular weight excluding hydrogens is 232 g/mol. The van der Waals surface area contributed by atoms with Gasteiger partial charge in [0.1, 0.15) is 13.1 Å². The van der Waals surface area contributed by atoms with E-state index in [9.17, 15) is 9.59 Å². The fourth-order valence-corrected chi connectivity index (χ4v) is 3.43. The van der Waals surface area contributed by atoms with Gasteiger partial charge >= 0.3 is 0 Å². The second-order valence-electron chi connectivity index (χ2n) is 5.62. The van der Waals surface area contributed by atoms with E-state index in [1.165, 1.54) is 9.80 Å². The molecule has 0 aromatic carbocycles. The minimum atomic E-state index is -0.00769. The quantitative estimate of drug-likeness (QED) is 0.645. The van der Waals surface area contributed by atoms with Gasteiger partial charge in [0.15, 0.2) is 6.67 Å². The minimum absolute atomic E-state index is 0.00769. The lowest BCUT2D eigenvalue weighted by molar-refractivity contribution is -0.915. The average Bonchev–Trinajstić information content (AvgIpc) is 2.66. The maximum absolute atomic E-state index is 12.3. The van der Waals surface area contributed by atoms with Crippen LogP contribution >= 0.6 is 0 Å². The molecule has 2 aliphatic heterocycles. The predicted molar refractivity (Wildman–Crippen MR) is 63.7 cm³/mol. The molecule has 1 aliphatic carbocycles. The van der Waals surface area contributed by atoms with Crippen LogP contribution in [0.15, 0.2) is 0 Å². The summed E-state index contributed by atoms with van der Waals surface area (Å²) in [5, 5.41) is 0. The van der Waals surface area contributed by atoms with Crippen LogP contribution in [0.3, 0.4) is 0 Å². The van der Waals surface area contributed by atoms with Gasteiger partial charge in [-0.15, -0.1) is 0 Å². The number of amides is 2. The van der Waals surface area contributed by atoms with Crippen molar-refractivity contribution in [3.05, 3.63) is 0 Å². The number of ether oxygens (including phenoxy) is 1. The normalized spacial score (nSPS) is 33.9. The van der Waals surface area contributed by atoms with Crippen LogP contribution in [0.1, 0.15) is 25.7 Å². The maximum atomic E-state index is 12.3. The van der Waals surface area contributed by atoms with E-state index in [0.717, 1.165) is 52.0 Å². The molecule has 2 heterocycles. The van der Waals surface area contributed by atoms with E-state index in [2.05, 4.69) is 0 Å². The number of carbonyl (C=O) groups is 2. The molecule has 1 N–H and O–H groups in total. The molecule has 2 atom stereocenters. The van der Waals surface area contributed by atoms with Crippen LogP contribution in [0.4, 0.5) is 0 Å². The first-order valence-corrected chi connectivity index (χ1v) is 7.04. The number of likely N-dealkylation sites (tertiary alicyclic amines) is 1. The summed E-state index contributed by atoms with van der Waals surface area (Å²) in [6.45, 7) is 3.81. The molecule has 3 aliphatic rings. The zero-order chi connectivity index (χ0) is 12.5. The largest absolute Gasteiger partial charge is 0.370 e. The van der Waals surface area contributed by atoms with Crippen molar-refractivity contribution in [2.75, 3.05) is 33.0 Å². The van der Waals surface area contributed by atoms with E-state index in [4.69, 9.17) is 4.74 Å². The Labute approximate surface area is 107 Å². The predicted octanol–water partition coefficient (Wildman–Crippen LogP) is -0.966. The van der Waals surface area contributed by atoms with Gasteiger partial charge in [-0.1, -0.05) is 12.8 Å². The second-order valence-corrected chi connectivity index (χ2v) is 5.62. The molecule has 2 saturated heterocycles. The summed E-state index contributed by atoms with van der Waals surface area (Å²) in [6.07, 6.45) is 4.01. The highest BCUT2D eigenvalue weighted by Crippen LogP contribution is 2.37. The SMILES string of the molecule is O=C1[C@H]2CCCC[C@H]2C(=O)N1C[NH+]1CCOCC1. The van der Waals surface area contributed by atoms with Crippen LogP contribution in [0, 0.1) is 11.8 Å². The Hall–Kier alpha value is -0.940. The molecule has 3 rings (SSSR count). The molecule has 3 fully saturated rings. The molecule has 0 radical (unpaired) electrons. The van der Waals surface area contributed by atoms with Crippen molar-refractivity contribution in [2.45, 2.75) is 25.7 Å². The van der Waals surface area contributed by atoms with Crippen molar-refractivity contribution in [2.24, 2.45) is 11.8 Å². The molecular formula is C13H21N2O3+. The van der Waals surface area contributed by atoms with Gasteiger partial charge in [0.2, 0.25) is 11.8 Å². The van der Waals surface area contributed by atoms with E-state index < -0.39 is 0 Å². The van der Waals surface area contributed by atoms with Crippen LogP contribution in [0.5, 0.6) is 0 Å². The number of carbonyl (C=O) groups excluding carboxylic acids is 2. The third-order valence-electron chi connectivity index (χ3n) is 4.51. The third-order valence-corrected chi connectivity index (χ3v) is 4.51. The molecule has 2 amide bonds. The maximum Gasteiger partial charge on any atom is 0.237 e. The van der Waals surface area contributed by atoms with Crippen molar-refractivity contribution < 1.29 is 19.2 Å². The van der Waals surface area contributed by atoms with Crippen molar-refractivity contribution in [3.8, 4) is 0 Å². The summed E-state index contributed by atoms with van der Waals surface area (Å²) in [6, 6.07) is 0. The lowest BCUT2D eigenvalue weighted by atomic mass is 9.81. The van der Waals surface area contributed by atoms with Gasteiger partial charge in [0.25, 0.3) is 0 Å². The van der Waals surface area contributed by atoms with Crippen molar-refractivity contribution in [1.29, 1.82) is 0 Å². The van der Waals surface area contributed by atoms with Gasteiger partial charge in [-0.05, 0) is 12.8 Å². The molecule has 100 valence electrons. The Kier molecular flexibility index (Phi) is 3.35. The summed E-state index contributed by atoms with van der Waals surface area (Å²) >= 11 is 0. The van der Waals surface area contributed by atoms with Crippen molar-refractivity contribution in [3.63, 3.8) is 0 Å². The summed E-state index contributed by atoms with van der Waals surface area (Å²) in [4.78, 5) is 27.4. The highest BCUT2D eigenvalue weighted by atomic mass is 16.5. The zero-order valence-corrected chi connectivity index (χ0v) is 10.7. The van der Waals surface area contributed by atoms with E-state index in [1.54, 1.807) is 0 Å². The zero-order valence-electron chi connectivity index (χ0n) is 10.7. The third kappa shape index (κ3) is 2.06. The van der Waals surface area contributed by atoms with Crippen molar-refractivity contribution >= 4 is 11.8 Å². The standard InChI is InChI=1S/C13H20N2O3/c16-12-10-3-1-2-4-11(10)13(17)15(12)9-14-5-7-18-8-6-14/h10-11H,1-9H2/p+1/t10-,11+. The Bertz CT molecular complexity index is 328. The highest BCUT2D eigenvalue weighted by molar-refractivity contribution is 6.05. The first-order valence-electron chi connectivity index (χ1n) is 7.04. The number of hydrogen-bond donors (Lipinski definition) is 1. The average molecular weight is 253 g/mol. The molecule has 0 aromatic heterocycles. The smallest absolute Gasteiger partial charge is 0.237 e. The van der Waals surface area contributed by atoms with E-state index in [0.29, 0.717) is 6.67 Å². The minimum Gasteiger partial charge on any atom is -0.370 e. The number of rotatable bonds is 2. The fourth-order valence-electron chi connectivity index (χ4n) is 3.43.